The molecule has 0 unspecified atom stereocenters. The third-order valence-electron chi connectivity index (χ3n) is 3.26. The SMILES string of the molecule is Cc1ccccc1OCC(=O)NC[C@H](OCCO)c1ccsc1. The molecule has 0 bridgehead atoms. The number of thiophene rings is 1. The number of hydrogen-bond acceptors (Lipinski definition) is 5. The van der Waals surface area contributed by atoms with E-state index >= 15 is 0 Å². The predicted octanol–water partition coefficient (Wildman–Crippen LogP) is 2.30. The molecule has 124 valence electrons. The van der Waals surface area contributed by atoms with Crippen LogP contribution < -0.4 is 10.1 Å². The second-order valence-corrected chi connectivity index (χ2v) is 5.78. The highest BCUT2D eigenvalue weighted by atomic mass is 32.1. The lowest BCUT2D eigenvalue weighted by Gasteiger charge is -2.17. The summed E-state index contributed by atoms with van der Waals surface area (Å²) < 4.78 is 11.1. The molecule has 23 heavy (non-hydrogen) atoms. The summed E-state index contributed by atoms with van der Waals surface area (Å²) in [6.07, 6.45) is -0.268. The van der Waals surface area contributed by atoms with Crippen molar-refractivity contribution in [3.05, 3.63) is 52.2 Å². The molecule has 0 spiro atoms. The van der Waals surface area contributed by atoms with Crippen molar-refractivity contribution < 1.29 is 19.4 Å². The monoisotopic (exact) mass is 335 g/mol. The standard InChI is InChI=1S/C17H21NO4S/c1-13-4-2-3-5-15(13)22-11-17(20)18-10-16(21-8-7-19)14-6-9-23-12-14/h2-6,9,12,16,19H,7-8,10-11H2,1H3,(H,18,20)/t16-/m0/s1. The van der Waals surface area contributed by atoms with Crippen LogP contribution in [-0.4, -0.2) is 37.4 Å². The number of aryl methyl sites for hydroxylation is 1. The van der Waals surface area contributed by atoms with Crippen molar-refractivity contribution in [2.24, 2.45) is 0 Å². The number of carbonyl (C=O) groups excluding carboxylic acids is 1. The maximum absolute atomic E-state index is 11.9. The van der Waals surface area contributed by atoms with Gasteiger partial charge in [-0.1, -0.05) is 18.2 Å². The van der Waals surface area contributed by atoms with Crippen LogP contribution in [0.15, 0.2) is 41.1 Å². The third kappa shape index (κ3) is 5.67. The van der Waals surface area contributed by atoms with Crippen molar-refractivity contribution >= 4 is 17.2 Å². The molecule has 5 nitrogen and oxygen atoms in total. The maximum Gasteiger partial charge on any atom is 0.258 e. The Morgan fingerprint density at radius 3 is 2.87 bits per heavy atom. The van der Waals surface area contributed by atoms with E-state index in [0.717, 1.165) is 11.1 Å². The van der Waals surface area contributed by atoms with Crippen molar-refractivity contribution in [3.8, 4) is 5.75 Å². The molecule has 1 atom stereocenters. The molecule has 0 fully saturated rings. The Balaban J connectivity index is 1.80. The van der Waals surface area contributed by atoms with Gasteiger partial charge in [0.25, 0.3) is 5.91 Å². The molecule has 2 N–H and O–H groups in total. The normalized spacial score (nSPS) is 11.9. The molecule has 2 rings (SSSR count). The largest absolute Gasteiger partial charge is 0.484 e. The number of aliphatic hydroxyl groups excluding tert-OH is 1. The number of para-hydroxylation sites is 1. The van der Waals surface area contributed by atoms with Crippen LogP contribution in [0.5, 0.6) is 5.75 Å². The van der Waals surface area contributed by atoms with E-state index in [-0.39, 0.29) is 31.8 Å². The first-order chi connectivity index (χ1) is 11.2. The van der Waals surface area contributed by atoms with Gasteiger partial charge < -0.3 is 19.9 Å². The van der Waals surface area contributed by atoms with E-state index in [1.165, 1.54) is 0 Å². The van der Waals surface area contributed by atoms with Crippen molar-refractivity contribution in [2.45, 2.75) is 13.0 Å². The van der Waals surface area contributed by atoms with Gasteiger partial charge in [-0.25, -0.2) is 0 Å². The molecular weight excluding hydrogens is 314 g/mol. The number of ether oxygens (including phenoxy) is 2. The summed E-state index contributed by atoms with van der Waals surface area (Å²) in [5.41, 5.74) is 1.98. The number of aliphatic hydroxyl groups is 1. The maximum atomic E-state index is 11.9. The van der Waals surface area contributed by atoms with Crippen LogP contribution in [0.2, 0.25) is 0 Å². The number of nitrogens with one attached hydrogen (secondary N) is 1. The van der Waals surface area contributed by atoms with Gasteiger partial charge in [0.05, 0.1) is 13.2 Å². The molecule has 1 amide bonds. The Labute approximate surface area is 139 Å². The minimum absolute atomic E-state index is 0.0405. The van der Waals surface area contributed by atoms with Crippen LogP contribution in [0.1, 0.15) is 17.2 Å². The van der Waals surface area contributed by atoms with Crippen LogP contribution in [0.25, 0.3) is 0 Å². The summed E-state index contributed by atoms with van der Waals surface area (Å²) in [4.78, 5) is 11.9. The first kappa shape index (κ1) is 17.5. The average molecular weight is 335 g/mol. The fourth-order valence-electron chi connectivity index (χ4n) is 2.05. The number of carbonyl (C=O) groups is 1. The minimum Gasteiger partial charge on any atom is -0.484 e. The van der Waals surface area contributed by atoms with Crippen LogP contribution in [-0.2, 0) is 9.53 Å². The van der Waals surface area contributed by atoms with E-state index in [2.05, 4.69) is 5.32 Å². The summed E-state index contributed by atoms with van der Waals surface area (Å²) in [5.74, 6) is 0.495. The molecule has 6 heteroatoms. The Bertz CT molecular complexity index is 600. The van der Waals surface area contributed by atoms with E-state index in [9.17, 15) is 4.79 Å². The number of rotatable bonds is 9. The first-order valence-corrected chi connectivity index (χ1v) is 8.34. The molecule has 1 heterocycles. The van der Waals surface area contributed by atoms with Gasteiger partial charge >= 0.3 is 0 Å². The topological polar surface area (TPSA) is 67.8 Å². The van der Waals surface area contributed by atoms with Gasteiger partial charge in [-0.15, -0.1) is 0 Å². The zero-order valence-corrected chi connectivity index (χ0v) is 13.8. The Kier molecular flexibility index (Phi) is 7.06. The van der Waals surface area contributed by atoms with Gasteiger partial charge in [-0.05, 0) is 40.9 Å². The summed E-state index contributed by atoms with van der Waals surface area (Å²) in [6, 6.07) is 9.51. The number of amides is 1. The van der Waals surface area contributed by atoms with Gasteiger partial charge in [0, 0.05) is 6.54 Å². The lowest BCUT2D eigenvalue weighted by Crippen LogP contribution is -2.33. The van der Waals surface area contributed by atoms with Crippen LogP contribution in [0.3, 0.4) is 0 Å². The highest BCUT2D eigenvalue weighted by molar-refractivity contribution is 7.07. The Morgan fingerprint density at radius 1 is 1.35 bits per heavy atom. The Hall–Kier alpha value is -1.89. The summed E-state index contributed by atoms with van der Waals surface area (Å²) >= 11 is 1.56. The molecule has 0 saturated carbocycles. The highest BCUT2D eigenvalue weighted by Crippen LogP contribution is 2.19. The number of benzene rings is 1. The fourth-order valence-corrected chi connectivity index (χ4v) is 2.75. The molecule has 1 aromatic carbocycles. The zero-order chi connectivity index (χ0) is 16.5. The number of hydrogen-bond donors (Lipinski definition) is 2. The molecule has 0 aliphatic carbocycles. The van der Waals surface area contributed by atoms with Crippen molar-refractivity contribution in [3.63, 3.8) is 0 Å². The molecule has 2 aromatic rings. The molecule has 0 aliphatic rings. The van der Waals surface area contributed by atoms with E-state index in [4.69, 9.17) is 14.6 Å². The molecule has 1 aromatic heterocycles. The average Bonchev–Trinajstić information content (AvgIpc) is 3.08. The van der Waals surface area contributed by atoms with Crippen molar-refractivity contribution in [2.75, 3.05) is 26.4 Å². The van der Waals surface area contributed by atoms with Crippen LogP contribution in [0.4, 0.5) is 0 Å². The molecule has 0 saturated heterocycles. The predicted molar refractivity (Wildman–Crippen MR) is 89.8 cm³/mol. The molecule has 0 aliphatic heterocycles. The van der Waals surface area contributed by atoms with E-state index in [0.29, 0.717) is 12.3 Å². The lowest BCUT2D eigenvalue weighted by atomic mass is 10.2. The molecular formula is C17H21NO4S. The minimum atomic E-state index is -0.268. The Morgan fingerprint density at radius 2 is 2.17 bits per heavy atom. The van der Waals surface area contributed by atoms with Gasteiger partial charge in [0.2, 0.25) is 0 Å². The summed E-state index contributed by atoms with van der Waals surface area (Å²) in [7, 11) is 0. The smallest absolute Gasteiger partial charge is 0.258 e. The zero-order valence-electron chi connectivity index (χ0n) is 13.0. The van der Waals surface area contributed by atoms with Crippen LogP contribution in [0, 0.1) is 6.92 Å². The lowest BCUT2D eigenvalue weighted by molar-refractivity contribution is -0.123. The van der Waals surface area contributed by atoms with Gasteiger partial charge in [-0.2, -0.15) is 11.3 Å². The quantitative estimate of drug-likeness (QED) is 0.738. The van der Waals surface area contributed by atoms with Gasteiger partial charge in [-0.3, -0.25) is 4.79 Å². The third-order valence-corrected chi connectivity index (χ3v) is 3.96. The second kappa shape index (κ2) is 9.29. The second-order valence-electron chi connectivity index (χ2n) is 5.00. The summed E-state index contributed by atoms with van der Waals surface area (Å²) in [6.45, 7) is 2.41. The van der Waals surface area contributed by atoms with Crippen molar-refractivity contribution in [1.29, 1.82) is 0 Å². The van der Waals surface area contributed by atoms with E-state index in [1.54, 1.807) is 11.3 Å². The van der Waals surface area contributed by atoms with Gasteiger partial charge in [0.15, 0.2) is 6.61 Å². The van der Waals surface area contributed by atoms with E-state index < -0.39 is 0 Å². The van der Waals surface area contributed by atoms with Crippen molar-refractivity contribution in [1.82, 2.24) is 5.32 Å². The summed E-state index contributed by atoms with van der Waals surface area (Å²) in [5, 5.41) is 15.6. The van der Waals surface area contributed by atoms with Crippen LogP contribution >= 0.6 is 11.3 Å². The highest BCUT2D eigenvalue weighted by Gasteiger charge is 2.14. The fraction of sp³-hybridized carbons (Fsp3) is 0.353. The van der Waals surface area contributed by atoms with E-state index in [1.807, 2.05) is 48.0 Å². The molecule has 0 radical (unpaired) electrons. The van der Waals surface area contributed by atoms with Gasteiger partial charge in [0.1, 0.15) is 11.9 Å². The first-order valence-electron chi connectivity index (χ1n) is 7.40.